The molecule has 1 heterocycles. The second-order valence-corrected chi connectivity index (χ2v) is 6.23. The van der Waals surface area contributed by atoms with Gasteiger partial charge in [-0.15, -0.1) is 0 Å². The van der Waals surface area contributed by atoms with Crippen molar-refractivity contribution >= 4 is 16.9 Å². The van der Waals surface area contributed by atoms with Crippen LogP contribution in [0.2, 0.25) is 0 Å². The maximum Gasteiger partial charge on any atom is 0.340 e. The first-order chi connectivity index (χ1) is 12.3. The van der Waals surface area contributed by atoms with Crippen LogP contribution in [0, 0.1) is 19.7 Å². The van der Waals surface area contributed by atoms with Gasteiger partial charge in [-0.05, 0) is 54.8 Å². The van der Waals surface area contributed by atoms with Crippen LogP contribution in [0.5, 0.6) is 5.75 Å². The Bertz CT molecular complexity index is 1040. The molecule has 0 aliphatic carbocycles. The minimum atomic E-state index is -0.600. The summed E-state index contributed by atoms with van der Waals surface area (Å²) >= 11 is 0. The molecular formula is C20H18FNO4. The van der Waals surface area contributed by atoms with E-state index >= 15 is 0 Å². The molecule has 2 aromatic carbocycles. The summed E-state index contributed by atoms with van der Waals surface area (Å²) in [5.74, 6) is -0.704. The number of carbonyl (C=O) groups is 1. The number of nitrogens with one attached hydrogen (secondary N) is 1. The van der Waals surface area contributed by atoms with E-state index in [1.807, 2.05) is 0 Å². The van der Waals surface area contributed by atoms with Crippen LogP contribution in [-0.4, -0.2) is 11.0 Å². The van der Waals surface area contributed by atoms with Crippen molar-refractivity contribution in [3.63, 3.8) is 0 Å². The molecule has 0 aliphatic heterocycles. The zero-order chi connectivity index (χ0) is 18.8. The average molecular weight is 355 g/mol. The summed E-state index contributed by atoms with van der Waals surface area (Å²) in [6.07, 6.45) is -0.168. The van der Waals surface area contributed by atoms with Crippen LogP contribution in [0.15, 0.2) is 45.6 Å². The van der Waals surface area contributed by atoms with E-state index in [0.29, 0.717) is 16.5 Å². The molecule has 3 aromatic rings. The van der Waals surface area contributed by atoms with E-state index in [0.717, 1.165) is 11.1 Å². The van der Waals surface area contributed by atoms with Crippen LogP contribution >= 0.6 is 0 Å². The van der Waals surface area contributed by atoms with Crippen molar-refractivity contribution < 1.29 is 18.7 Å². The monoisotopic (exact) mass is 355 g/mol. The first-order valence-electron chi connectivity index (χ1n) is 8.12. The van der Waals surface area contributed by atoms with E-state index < -0.39 is 5.63 Å². The average Bonchev–Trinajstić information content (AvgIpc) is 2.57. The topological polar surface area (TPSA) is 79.5 Å². The van der Waals surface area contributed by atoms with Gasteiger partial charge in [0, 0.05) is 6.54 Å². The van der Waals surface area contributed by atoms with Gasteiger partial charge in [0.15, 0.2) is 0 Å². The number of carbonyl (C=O) groups excluding carboxylic acids is 1. The van der Waals surface area contributed by atoms with Gasteiger partial charge >= 0.3 is 5.63 Å². The van der Waals surface area contributed by atoms with Crippen molar-refractivity contribution in [1.82, 2.24) is 5.32 Å². The Morgan fingerprint density at radius 1 is 1.19 bits per heavy atom. The van der Waals surface area contributed by atoms with Gasteiger partial charge in [-0.3, -0.25) is 4.79 Å². The molecule has 134 valence electrons. The number of benzene rings is 2. The molecule has 0 bridgehead atoms. The number of phenols is 1. The van der Waals surface area contributed by atoms with Crippen LogP contribution in [0.1, 0.15) is 22.3 Å². The molecule has 0 saturated carbocycles. The summed E-state index contributed by atoms with van der Waals surface area (Å²) in [5, 5.41) is 13.3. The van der Waals surface area contributed by atoms with Crippen LogP contribution in [0.3, 0.4) is 0 Å². The third-order valence-electron chi connectivity index (χ3n) is 4.24. The van der Waals surface area contributed by atoms with Crippen LogP contribution in [0.25, 0.3) is 11.0 Å². The highest BCUT2D eigenvalue weighted by atomic mass is 19.1. The van der Waals surface area contributed by atoms with Crippen molar-refractivity contribution in [2.75, 3.05) is 0 Å². The summed E-state index contributed by atoms with van der Waals surface area (Å²) < 4.78 is 18.2. The Kier molecular flexibility index (Phi) is 4.75. The van der Waals surface area contributed by atoms with Crippen LogP contribution < -0.4 is 10.9 Å². The zero-order valence-electron chi connectivity index (χ0n) is 14.4. The lowest BCUT2D eigenvalue weighted by Crippen LogP contribution is -2.27. The fourth-order valence-electron chi connectivity index (χ4n) is 2.89. The predicted octanol–water partition coefficient (Wildman–Crippen LogP) is 3.11. The number of amides is 1. The number of hydrogen-bond donors (Lipinski definition) is 2. The van der Waals surface area contributed by atoms with E-state index in [1.54, 1.807) is 38.1 Å². The molecule has 0 spiro atoms. The van der Waals surface area contributed by atoms with Gasteiger partial charge in [-0.25, -0.2) is 9.18 Å². The van der Waals surface area contributed by atoms with Gasteiger partial charge in [0.1, 0.15) is 17.1 Å². The molecule has 6 heteroatoms. The SMILES string of the molecule is Cc1cc(O)c2c(C)c(CC(=O)NCc3ccc(F)cc3)c(=O)oc2c1. The van der Waals surface area contributed by atoms with Gasteiger partial charge < -0.3 is 14.8 Å². The lowest BCUT2D eigenvalue weighted by Gasteiger charge is -2.10. The van der Waals surface area contributed by atoms with E-state index in [-0.39, 0.29) is 36.0 Å². The highest BCUT2D eigenvalue weighted by Crippen LogP contribution is 2.29. The molecule has 0 fully saturated rings. The third kappa shape index (κ3) is 3.59. The maximum atomic E-state index is 12.9. The Hall–Kier alpha value is -3.15. The van der Waals surface area contributed by atoms with E-state index in [9.17, 15) is 19.1 Å². The smallest absolute Gasteiger partial charge is 0.340 e. The summed E-state index contributed by atoms with van der Waals surface area (Å²) in [7, 11) is 0. The third-order valence-corrected chi connectivity index (χ3v) is 4.24. The molecule has 0 saturated heterocycles. The lowest BCUT2D eigenvalue weighted by molar-refractivity contribution is -0.120. The van der Waals surface area contributed by atoms with Crippen LogP contribution in [-0.2, 0) is 17.8 Å². The maximum absolute atomic E-state index is 12.9. The van der Waals surface area contributed by atoms with Crippen molar-refractivity contribution in [2.24, 2.45) is 0 Å². The van der Waals surface area contributed by atoms with E-state index in [1.165, 1.54) is 12.1 Å². The number of rotatable bonds is 4. The Morgan fingerprint density at radius 3 is 2.58 bits per heavy atom. The van der Waals surface area contributed by atoms with Crippen molar-refractivity contribution in [1.29, 1.82) is 0 Å². The molecule has 0 aliphatic rings. The fourth-order valence-corrected chi connectivity index (χ4v) is 2.89. The second kappa shape index (κ2) is 7.00. The number of phenolic OH excluding ortho intramolecular Hbond substituents is 1. The van der Waals surface area contributed by atoms with Gasteiger partial charge in [-0.1, -0.05) is 12.1 Å². The molecule has 26 heavy (non-hydrogen) atoms. The van der Waals surface area contributed by atoms with Gasteiger partial charge in [0.25, 0.3) is 0 Å². The Labute approximate surface area is 149 Å². The molecule has 0 unspecified atom stereocenters. The molecular weight excluding hydrogens is 337 g/mol. The molecule has 5 nitrogen and oxygen atoms in total. The zero-order valence-corrected chi connectivity index (χ0v) is 14.4. The number of aryl methyl sites for hydroxylation is 2. The van der Waals surface area contributed by atoms with Gasteiger partial charge in [0.2, 0.25) is 5.91 Å². The first kappa shape index (κ1) is 17.7. The number of aromatic hydroxyl groups is 1. The van der Waals surface area contributed by atoms with Crippen molar-refractivity contribution in [3.8, 4) is 5.75 Å². The van der Waals surface area contributed by atoms with Crippen molar-refractivity contribution in [2.45, 2.75) is 26.8 Å². The highest BCUT2D eigenvalue weighted by Gasteiger charge is 2.17. The lowest BCUT2D eigenvalue weighted by atomic mass is 10.0. The van der Waals surface area contributed by atoms with Crippen molar-refractivity contribution in [3.05, 3.63) is 74.9 Å². The van der Waals surface area contributed by atoms with Crippen LogP contribution in [0.4, 0.5) is 4.39 Å². The molecule has 2 N–H and O–H groups in total. The molecule has 0 radical (unpaired) electrons. The first-order valence-corrected chi connectivity index (χ1v) is 8.12. The predicted molar refractivity (Wildman–Crippen MR) is 95.6 cm³/mol. The summed E-state index contributed by atoms with van der Waals surface area (Å²) in [4.78, 5) is 24.5. The summed E-state index contributed by atoms with van der Waals surface area (Å²) in [6, 6.07) is 9.02. The van der Waals surface area contributed by atoms with Gasteiger partial charge in [0.05, 0.1) is 17.4 Å². The standard InChI is InChI=1S/C20H18FNO4/c1-11-7-16(23)19-12(2)15(20(25)26-17(19)8-11)9-18(24)22-10-13-3-5-14(21)6-4-13/h3-8,23H,9-10H2,1-2H3,(H,22,24). The molecule has 3 rings (SSSR count). The number of halogens is 1. The quantitative estimate of drug-likeness (QED) is 0.705. The fraction of sp³-hybridized carbons (Fsp3) is 0.200. The Morgan fingerprint density at radius 2 is 1.88 bits per heavy atom. The molecule has 1 amide bonds. The Balaban J connectivity index is 1.83. The van der Waals surface area contributed by atoms with Gasteiger partial charge in [-0.2, -0.15) is 0 Å². The van der Waals surface area contributed by atoms with E-state index in [4.69, 9.17) is 4.42 Å². The minimum absolute atomic E-state index is 0.00854. The molecule has 0 atom stereocenters. The summed E-state index contributed by atoms with van der Waals surface area (Å²) in [5.41, 5.74) is 1.92. The normalized spacial score (nSPS) is 10.9. The van der Waals surface area contributed by atoms with E-state index in [2.05, 4.69) is 5.32 Å². The minimum Gasteiger partial charge on any atom is -0.507 e. The second-order valence-electron chi connectivity index (χ2n) is 6.23. The largest absolute Gasteiger partial charge is 0.507 e. The number of hydrogen-bond acceptors (Lipinski definition) is 4. The number of fused-ring (bicyclic) bond motifs is 1. The summed E-state index contributed by atoms with van der Waals surface area (Å²) in [6.45, 7) is 3.68. The highest BCUT2D eigenvalue weighted by molar-refractivity contribution is 5.89. The molecule has 1 aromatic heterocycles.